The van der Waals surface area contributed by atoms with Gasteiger partial charge in [-0.2, -0.15) is 0 Å². The highest BCUT2D eigenvalue weighted by atomic mass is 16.5. The van der Waals surface area contributed by atoms with Crippen LogP contribution in [0.5, 0.6) is 0 Å². The highest BCUT2D eigenvalue weighted by Gasteiger charge is 2.47. The Bertz CT molecular complexity index is 913. The lowest BCUT2D eigenvalue weighted by atomic mass is 9.72. The topological polar surface area (TPSA) is 90.9 Å². The van der Waals surface area contributed by atoms with Gasteiger partial charge in [0.2, 0.25) is 0 Å². The molecule has 158 valence electrons. The van der Waals surface area contributed by atoms with Crippen molar-refractivity contribution in [3.8, 4) is 0 Å². The predicted octanol–water partition coefficient (Wildman–Crippen LogP) is 2.37. The summed E-state index contributed by atoms with van der Waals surface area (Å²) in [7, 11) is 3.88. The van der Waals surface area contributed by atoms with Crippen molar-refractivity contribution >= 4 is 17.9 Å². The van der Waals surface area contributed by atoms with E-state index in [-0.39, 0.29) is 0 Å². The van der Waals surface area contributed by atoms with E-state index < -0.39 is 41.8 Å². The van der Waals surface area contributed by atoms with Gasteiger partial charge in [-0.05, 0) is 23.1 Å². The number of carbonyl (C=O) groups is 3. The molecule has 30 heavy (non-hydrogen) atoms. The number of esters is 3. The molecule has 0 saturated carbocycles. The van der Waals surface area contributed by atoms with Crippen molar-refractivity contribution in [2.75, 3.05) is 21.3 Å². The average molecular weight is 411 g/mol. The SMILES string of the molecule is COC(=O)[C@@H]1[C@H](N[C@@H](C(=O)OC)c2ccccc2)c2ccccc2C[C@H]1C(=O)OC. The number of hydrogen-bond donors (Lipinski definition) is 1. The van der Waals surface area contributed by atoms with E-state index in [1.54, 1.807) is 12.1 Å². The summed E-state index contributed by atoms with van der Waals surface area (Å²) in [6.07, 6.45) is 0.342. The Kier molecular flexibility index (Phi) is 6.84. The van der Waals surface area contributed by atoms with Crippen LogP contribution in [0.3, 0.4) is 0 Å². The summed E-state index contributed by atoms with van der Waals surface area (Å²) in [6, 6.07) is 15.1. The molecule has 0 heterocycles. The predicted molar refractivity (Wildman–Crippen MR) is 108 cm³/mol. The second-order valence-electron chi connectivity index (χ2n) is 7.09. The molecule has 0 amide bonds. The van der Waals surface area contributed by atoms with Crippen LogP contribution in [0, 0.1) is 11.8 Å². The first kappa shape index (κ1) is 21.5. The lowest BCUT2D eigenvalue weighted by Crippen LogP contribution is -2.47. The second-order valence-corrected chi connectivity index (χ2v) is 7.09. The minimum Gasteiger partial charge on any atom is -0.469 e. The van der Waals surface area contributed by atoms with Crippen molar-refractivity contribution in [3.05, 3.63) is 71.3 Å². The van der Waals surface area contributed by atoms with Gasteiger partial charge in [0.1, 0.15) is 6.04 Å². The largest absolute Gasteiger partial charge is 0.469 e. The summed E-state index contributed by atoms with van der Waals surface area (Å²) in [4.78, 5) is 38.0. The quantitative estimate of drug-likeness (QED) is 0.576. The minimum absolute atomic E-state index is 0.342. The molecule has 1 aliphatic carbocycles. The monoisotopic (exact) mass is 411 g/mol. The van der Waals surface area contributed by atoms with E-state index in [2.05, 4.69) is 5.32 Å². The molecule has 0 spiro atoms. The van der Waals surface area contributed by atoms with Gasteiger partial charge in [0.05, 0.1) is 33.2 Å². The molecule has 7 nitrogen and oxygen atoms in total. The maximum absolute atomic E-state index is 12.8. The lowest BCUT2D eigenvalue weighted by Gasteiger charge is -2.38. The van der Waals surface area contributed by atoms with Crippen LogP contribution >= 0.6 is 0 Å². The van der Waals surface area contributed by atoms with Crippen molar-refractivity contribution in [2.24, 2.45) is 11.8 Å². The third kappa shape index (κ3) is 4.21. The fraction of sp³-hybridized carbons (Fsp3) is 0.348. The van der Waals surface area contributed by atoms with Crippen LogP contribution in [0.2, 0.25) is 0 Å². The zero-order chi connectivity index (χ0) is 21.7. The van der Waals surface area contributed by atoms with E-state index in [4.69, 9.17) is 14.2 Å². The highest BCUT2D eigenvalue weighted by Crippen LogP contribution is 2.41. The zero-order valence-electron chi connectivity index (χ0n) is 17.2. The lowest BCUT2D eigenvalue weighted by molar-refractivity contribution is -0.160. The van der Waals surface area contributed by atoms with E-state index in [0.717, 1.165) is 11.1 Å². The fourth-order valence-electron chi connectivity index (χ4n) is 4.07. The number of ether oxygens (including phenoxy) is 3. The number of fused-ring (bicyclic) bond motifs is 1. The Morgan fingerprint density at radius 3 is 2.13 bits per heavy atom. The molecule has 0 fully saturated rings. The first-order chi connectivity index (χ1) is 14.5. The Morgan fingerprint density at radius 1 is 0.867 bits per heavy atom. The Hall–Kier alpha value is -3.19. The van der Waals surface area contributed by atoms with Crippen LogP contribution in [0.1, 0.15) is 28.8 Å². The van der Waals surface area contributed by atoms with Gasteiger partial charge < -0.3 is 14.2 Å². The standard InChI is InChI=1S/C23H25NO6/c1-28-21(25)17-13-15-11-7-8-12-16(15)20(18(17)22(26)29-2)24-19(23(27)30-3)14-9-5-4-6-10-14/h4-12,17-20,24H,13H2,1-3H3/t17-,18+,19-,20-/m1/s1. The van der Waals surface area contributed by atoms with Gasteiger partial charge in [-0.25, -0.2) is 4.79 Å². The molecule has 3 rings (SSSR count). The summed E-state index contributed by atoms with van der Waals surface area (Å²) in [5.74, 6) is -3.16. The van der Waals surface area contributed by atoms with Crippen LogP contribution in [0.15, 0.2) is 54.6 Å². The maximum Gasteiger partial charge on any atom is 0.327 e. The molecule has 0 aromatic heterocycles. The van der Waals surface area contributed by atoms with Crippen LogP contribution in [0.25, 0.3) is 0 Å². The molecule has 0 radical (unpaired) electrons. The van der Waals surface area contributed by atoms with Crippen molar-refractivity contribution in [1.82, 2.24) is 5.32 Å². The Labute approximate surface area is 175 Å². The summed E-state index contributed by atoms with van der Waals surface area (Å²) in [6.45, 7) is 0. The van der Waals surface area contributed by atoms with Crippen molar-refractivity contribution in [1.29, 1.82) is 0 Å². The Morgan fingerprint density at radius 2 is 1.50 bits per heavy atom. The molecule has 7 heteroatoms. The number of benzene rings is 2. The van der Waals surface area contributed by atoms with E-state index in [0.29, 0.717) is 12.0 Å². The Balaban J connectivity index is 2.10. The van der Waals surface area contributed by atoms with Gasteiger partial charge in [-0.3, -0.25) is 14.9 Å². The molecule has 2 aromatic carbocycles. The molecule has 2 aromatic rings. The molecule has 4 atom stereocenters. The third-order valence-corrected chi connectivity index (χ3v) is 5.52. The minimum atomic E-state index is -0.867. The molecule has 0 aliphatic heterocycles. The smallest absolute Gasteiger partial charge is 0.327 e. The number of nitrogens with one attached hydrogen (secondary N) is 1. The van der Waals surface area contributed by atoms with Crippen LogP contribution < -0.4 is 5.32 Å². The second kappa shape index (κ2) is 9.54. The summed E-state index contributed by atoms with van der Waals surface area (Å²) in [5.41, 5.74) is 2.42. The molecule has 1 N–H and O–H groups in total. The highest BCUT2D eigenvalue weighted by molar-refractivity contribution is 5.84. The molecular formula is C23H25NO6. The van der Waals surface area contributed by atoms with Crippen LogP contribution in [0.4, 0.5) is 0 Å². The van der Waals surface area contributed by atoms with Gasteiger partial charge in [-0.15, -0.1) is 0 Å². The van der Waals surface area contributed by atoms with Gasteiger partial charge in [-0.1, -0.05) is 54.6 Å². The van der Waals surface area contributed by atoms with Crippen molar-refractivity contribution in [3.63, 3.8) is 0 Å². The maximum atomic E-state index is 12.8. The van der Waals surface area contributed by atoms with Crippen LogP contribution in [-0.4, -0.2) is 39.2 Å². The van der Waals surface area contributed by atoms with Gasteiger partial charge in [0, 0.05) is 6.04 Å². The third-order valence-electron chi connectivity index (χ3n) is 5.52. The van der Waals surface area contributed by atoms with Gasteiger partial charge in [0.15, 0.2) is 0 Å². The molecule has 0 saturated heterocycles. The van der Waals surface area contributed by atoms with Crippen molar-refractivity contribution in [2.45, 2.75) is 18.5 Å². The van der Waals surface area contributed by atoms with Gasteiger partial charge in [0.25, 0.3) is 0 Å². The molecule has 0 bridgehead atoms. The zero-order valence-corrected chi connectivity index (χ0v) is 17.2. The molecule has 1 aliphatic rings. The average Bonchev–Trinajstić information content (AvgIpc) is 2.80. The first-order valence-corrected chi connectivity index (χ1v) is 9.64. The van der Waals surface area contributed by atoms with E-state index in [1.165, 1.54) is 21.3 Å². The first-order valence-electron chi connectivity index (χ1n) is 9.64. The fourth-order valence-corrected chi connectivity index (χ4v) is 4.07. The molecular weight excluding hydrogens is 386 g/mol. The van der Waals surface area contributed by atoms with Gasteiger partial charge >= 0.3 is 17.9 Å². The number of hydrogen-bond acceptors (Lipinski definition) is 7. The van der Waals surface area contributed by atoms with E-state index >= 15 is 0 Å². The van der Waals surface area contributed by atoms with E-state index in [1.807, 2.05) is 42.5 Å². The molecule has 0 unspecified atom stereocenters. The number of methoxy groups -OCH3 is 3. The summed E-state index contributed by atoms with van der Waals surface area (Å²) >= 11 is 0. The summed E-state index contributed by atoms with van der Waals surface area (Å²) in [5, 5.41) is 3.27. The van der Waals surface area contributed by atoms with Crippen LogP contribution in [-0.2, 0) is 35.0 Å². The van der Waals surface area contributed by atoms with Crippen molar-refractivity contribution < 1.29 is 28.6 Å². The number of rotatable bonds is 6. The normalized spacial score (nSPS) is 21.1. The summed E-state index contributed by atoms with van der Waals surface area (Å²) < 4.78 is 15.0. The number of carbonyl (C=O) groups excluding carboxylic acids is 3. The van der Waals surface area contributed by atoms with E-state index in [9.17, 15) is 14.4 Å².